The first kappa shape index (κ1) is 31.4. The van der Waals surface area contributed by atoms with E-state index in [0.717, 1.165) is 18.4 Å². The summed E-state index contributed by atoms with van der Waals surface area (Å²) in [6.45, 7) is 11.7. The number of rotatable bonds is 12. The molecule has 0 radical (unpaired) electrons. The molecule has 0 spiro atoms. The van der Waals surface area contributed by atoms with Gasteiger partial charge in [-0.15, -0.1) is 6.42 Å². The number of nitrogens with one attached hydrogen (secondary N) is 2. The summed E-state index contributed by atoms with van der Waals surface area (Å²) in [6.07, 6.45) is 7.66. The molecule has 2 aromatic rings. The van der Waals surface area contributed by atoms with Gasteiger partial charge in [-0.1, -0.05) is 88.1 Å². The van der Waals surface area contributed by atoms with Gasteiger partial charge in [0.1, 0.15) is 17.7 Å². The van der Waals surface area contributed by atoms with Gasteiger partial charge in [0.2, 0.25) is 11.8 Å². The highest BCUT2D eigenvalue weighted by molar-refractivity contribution is 5.92. The van der Waals surface area contributed by atoms with E-state index in [-0.39, 0.29) is 17.7 Å². The largest absolute Gasteiger partial charge is 0.444 e. The van der Waals surface area contributed by atoms with E-state index in [4.69, 9.17) is 11.2 Å². The van der Waals surface area contributed by atoms with Crippen LogP contribution >= 0.6 is 0 Å². The summed E-state index contributed by atoms with van der Waals surface area (Å²) >= 11 is 0. The highest BCUT2D eigenvalue weighted by Gasteiger charge is 2.38. The second-order valence-corrected chi connectivity index (χ2v) is 10.9. The topological polar surface area (TPSA) is 87.7 Å². The lowest BCUT2D eigenvalue weighted by Gasteiger charge is -2.36. The van der Waals surface area contributed by atoms with Crippen LogP contribution in [0.15, 0.2) is 54.6 Å². The lowest BCUT2D eigenvalue weighted by molar-refractivity contribution is -0.143. The molecule has 2 unspecified atom stereocenters. The number of amides is 3. The average Bonchev–Trinajstić information content (AvgIpc) is 2.89. The number of carbonyl (C=O) groups excluding carboxylic acids is 3. The highest BCUT2D eigenvalue weighted by Crippen LogP contribution is 2.27. The number of nitrogens with zero attached hydrogens (tertiary/aromatic N) is 1. The fourth-order valence-electron chi connectivity index (χ4n) is 4.22. The van der Waals surface area contributed by atoms with Crippen molar-refractivity contribution in [2.75, 3.05) is 6.54 Å². The molecule has 39 heavy (non-hydrogen) atoms. The van der Waals surface area contributed by atoms with Crippen molar-refractivity contribution in [3.05, 3.63) is 71.3 Å². The molecule has 210 valence electrons. The molecule has 2 N–H and O–H groups in total. The van der Waals surface area contributed by atoms with Gasteiger partial charge in [0.05, 0.1) is 0 Å². The molecule has 0 saturated heterocycles. The maximum absolute atomic E-state index is 14.2. The van der Waals surface area contributed by atoms with Crippen LogP contribution in [0.4, 0.5) is 4.79 Å². The van der Waals surface area contributed by atoms with Crippen LogP contribution < -0.4 is 10.6 Å². The van der Waals surface area contributed by atoms with Crippen molar-refractivity contribution in [2.24, 2.45) is 5.92 Å². The van der Waals surface area contributed by atoms with Crippen LogP contribution in [0, 0.1) is 18.3 Å². The zero-order chi connectivity index (χ0) is 29.0. The Bertz CT molecular complexity index is 1130. The molecule has 2 aromatic carbocycles. The summed E-state index contributed by atoms with van der Waals surface area (Å²) < 4.78 is 5.44. The van der Waals surface area contributed by atoms with Gasteiger partial charge in [-0.2, -0.15) is 0 Å². The van der Waals surface area contributed by atoms with Crippen LogP contribution in [0.1, 0.15) is 83.5 Å². The summed E-state index contributed by atoms with van der Waals surface area (Å²) in [7, 11) is 0. The van der Waals surface area contributed by atoms with Crippen molar-refractivity contribution in [1.29, 1.82) is 0 Å². The van der Waals surface area contributed by atoms with E-state index < -0.39 is 23.8 Å². The molecule has 0 heterocycles. The molecule has 7 heteroatoms. The molecule has 0 aromatic heterocycles. The second kappa shape index (κ2) is 15.0. The Morgan fingerprint density at radius 1 is 1.00 bits per heavy atom. The predicted octanol–water partition coefficient (Wildman–Crippen LogP) is 5.59. The van der Waals surface area contributed by atoms with E-state index in [9.17, 15) is 14.4 Å². The van der Waals surface area contributed by atoms with Gasteiger partial charge in [-0.25, -0.2) is 4.79 Å². The predicted molar refractivity (Wildman–Crippen MR) is 155 cm³/mol. The van der Waals surface area contributed by atoms with Crippen LogP contribution in [0.25, 0.3) is 0 Å². The van der Waals surface area contributed by atoms with Crippen LogP contribution in [-0.2, 0) is 20.9 Å². The fourth-order valence-corrected chi connectivity index (χ4v) is 4.22. The molecule has 2 rings (SSSR count). The summed E-state index contributed by atoms with van der Waals surface area (Å²) in [4.78, 5) is 42.3. The van der Waals surface area contributed by atoms with Gasteiger partial charge in [-0.05, 0) is 50.3 Å². The van der Waals surface area contributed by atoms with Crippen molar-refractivity contribution in [1.82, 2.24) is 15.5 Å². The first-order valence-corrected chi connectivity index (χ1v) is 13.7. The third-order valence-corrected chi connectivity index (χ3v) is 6.17. The van der Waals surface area contributed by atoms with Crippen LogP contribution in [0.5, 0.6) is 0 Å². The fraction of sp³-hybridized carbons (Fsp3) is 0.469. The quantitative estimate of drug-likeness (QED) is 0.275. The van der Waals surface area contributed by atoms with Crippen LogP contribution in [0.3, 0.4) is 0 Å². The zero-order valence-corrected chi connectivity index (χ0v) is 24.1. The highest BCUT2D eigenvalue weighted by atomic mass is 16.6. The average molecular weight is 534 g/mol. The molecule has 7 nitrogen and oxygen atoms in total. The van der Waals surface area contributed by atoms with Gasteiger partial charge in [0.15, 0.2) is 0 Å². The number of unbranched alkanes of at least 4 members (excludes halogenated alkanes) is 2. The van der Waals surface area contributed by atoms with Crippen molar-refractivity contribution in [3.63, 3.8) is 0 Å². The molecular weight excluding hydrogens is 490 g/mol. The number of benzene rings is 2. The molecule has 0 aliphatic rings. The molecule has 3 amide bonds. The van der Waals surface area contributed by atoms with E-state index in [2.05, 4.69) is 23.5 Å². The normalized spacial score (nSPS) is 12.7. The number of terminal acetylenes is 1. The molecule has 2 atom stereocenters. The summed E-state index contributed by atoms with van der Waals surface area (Å²) in [5.74, 6) is 1.71. The minimum absolute atomic E-state index is 0.255. The third kappa shape index (κ3) is 9.79. The van der Waals surface area contributed by atoms with Crippen molar-refractivity contribution in [3.8, 4) is 12.3 Å². The Morgan fingerprint density at radius 2 is 1.64 bits per heavy atom. The molecular formula is C32H43N3O4. The lowest BCUT2D eigenvalue weighted by atomic mass is 9.95. The Labute approximate surface area is 233 Å². The molecule has 0 aliphatic heterocycles. The molecule has 0 aliphatic carbocycles. The summed E-state index contributed by atoms with van der Waals surface area (Å²) in [5, 5.41) is 5.75. The van der Waals surface area contributed by atoms with Crippen LogP contribution in [-0.4, -0.2) is 41.0 Å². The summed E-state index contributed by atoms with van der Waals surface area (Å²) in [5.41, 5.74) is 1.31. The minimum atomic E-state index is -0.980. The lowest BCUT2D eigenvalue weighted by Crippen LogP contribution is -2.55. The number of carbonyl (C=O) groups is 3. The van der Waals surface area contributed by atoms with E-state index in [0.29, 0.717) is 30.6 Å². The number of hydrogen-bond donors (Lipinski definition) is 2. The maximum atomic E-state index is 14.2. The van der Waals surface area contributed by atoms with Gasteiger partial charge < -0.3 is 20.3 Å². The first-order chi connectivity index (χ1) is 18.5. The van der Waals surface area contributed by atoms with E-state index >= 15 is 0 Å². The number of alkyl carbamates (subject to hydrolysis) is 1. The van der Waals surface area contributed by atoms with Gasteiger partial charge in [0.25, 0.3) is 0 Å². The van der Waals surface area contributed by atoms with Crippen molar-refractivity contribution in [2.45, 2.75) is 85.0 Å². The number of hydrogen-bond acceptors (Lipinski definition) is 4. The smallest absolute Gasteiger partial charge is 0.408 e. The first-order valence-electron chi connectivity index (χ1n) is 13.7. The standard InChI is InChI=1S/C32H43N3O4/c1-8-10-16-21-35(30(37)27(23(3)4)34-31(38)39-32(5,6)7)28(26-20-15-14-19-25(26)9-2)29(36)33-22-24-17-12-11-13-18-24/h2,11-15,17-20,23,27-28H,8,10,16,21-22H2,1,3-7H3,(H,33,36)(H,34,38). The molecule has 0 fully saturated rings. The molecule has 0 bridgehead atoms. The van der Waals surface area contributed by atoms with Crippen molar-refractivity contribution >= 4 is 17.9 Å². The molecule has 0 saturated carbocycles. The van der Waals surface area contributed by atoms with E-state index in [1.54, 1.807) is 43.9 Å². The Morgan fingerprint density at radius 3 is 2.23 bits per heavy atom. The Hall–Kier alpha value is -3.79. The van der Waals surface area contributed by atoms with Gasteiger partial charge in [0, 0.05) is 18.7 Å². The zero-order valence-electron chi connectivity index (χ0n) is 24.1. The van der Waals surface area contributed by atoms with Crippen molar-refractivity contribution < 1.29 is 19.1 Å². The Kier molecular flexibility index (Phi) is 12.1. The van der Waals surface area contributed by atoms with Crippen LogP contribution in [0.2, 0.25) is 0 Å². The van der Waals surface area contributed by atoms with Gasteiger partial charge >= 0.3 is 6.09 Å². The third-order valence-electron chi connectivity index (χ3n) is 6.17. The maximum Gasteiger partial charge on any atom is 0.408 e. The SMILES string of the molecule is C#Cc1ccccc1C(C(=O)NCc1ccccc1)N(CCCCC)C(=O)C(NC(=O)OC(C)(C)C)C(C)C. The second-order valence-electron chi connectivity index (χ2n) is 10.9. The monoisotopic (exact) mass is 533 g/mol. The minimum Gasteiger partial charge on any atom is -0.444 e. The summed E-state index contributed by atoms with van der Waals surface area (Å²) in [6, 6.07) is 14.9. The number of ether oxygens (including phenoxy) is 1. The van der Waals surface area contributed by atoms with E-state index in [1.807, 2.05) is 50.2 Å². The van der Waals surface area contributed by atoms with Gasteiger partial charge in [-0.3, -0.25) is 9.59 Å². The van der Waals surface area contributed by atoms with E-state index in [1.165, 1.54) is 0 Å². The Balaban J connectivity index is 2.52.